The maximum atomic E-state index is 12.4. The second kappa shape index (κ2) is 6.62. The van der Waals surface area contributed by atoms with Crippen LogP contribution in [0.2, 0.25) is 0 Å². The number of fused-ring (bicyclic) bond motifs is 1. The molecule has 0 bridgehead atoms. The van der Waals surface area contributed by atoms with Crippen molar-refractivity contribution in [1.82, 2.24) is 0 Å². The molecule has 4 rings (SSSR count). The summed E-state index contributed by atoms with van der Waals surface area (Å²) in [6.07, 6.45) is 1.93. The Morgan fingerprint density at radius 3 is 2.24 bits per heavy atom. The third kappa shape index (κ3) is 3.20. The van der Waals surface area contributed by atoms with E-state index >= 15 is 0 Å². The van der Waals surface area contributed by atoms with E-state index in [9.17, 15) is 4.79 Å². The molecule has 1 aliphatic rings. The van der Waals surface area contributed by atoms with Gasteiger partial charge >= 0.3 is 0 Å². The van der Waals surface area contributed by atoms with Gasteiger partial charge in [0.25, 0.3) is 5.91 Å². The van der Waals surface area contributed by atoms with E-state index in [1.165, 1.54) is 5.56 Å². The minimum absolute atomic E-state index is 0.0825. The molecule has 0 atom stereocenters. The van der Waals surface area contributed by atoms with Crippen LogP contribution in [-0.4, -0.2) is 5.91 Å². The topological polar surface area (TPSA) is 29.1 Å². The van der Waals surface area contributed by atoms with Crippen LogP contribution in [0.5, 0.6) is 0 Å². The fourth-order valence-corrected chi connectivity index (χ4v) is 4.25. The van der Waals surface area contributed by atoms with Gasteiger partial charge in [0.05, 0.1) is 5.69 Å². The average molecular weight is 455 g/mol. The standard InChI is InChI=1S/C21H13Br2NO/c22-16-11-17-18(21(25)24-20(17)19(23)12-16)10-13-6-8-15(9-7-13)14-4-2-1-3-5-14/h1-12H,(H,24,25). The Bertz CT molecular complexity index is 992. The van der Waals surface area contributed by atoms with Crippen LogP contribution in [0.15, 0.2) is 75.7 Å². The summed E-state index contributed by atoms with van der Waals surface area (Å²) in [7, 11) is 0. The lowest BCUT2D eigenvalue weighted by atomic mass is 10.0. The predicted octanol–water partition coefficient (Wildman–Crippen LogP) is 6.37. The summed E-state index contributed by atoms with van der Waals surface area (Å²) in [4.78, 5) is 12.4. The predicted molar refractivity (Wildman–Crippen MR) is 110 cm³/mol. The van der Waals surface area contributed by atoms with E-state index in [4.69, 9.17) is 0 Å². The quantitative estimate of drug-likeness (QED) is 0.447. The first-order valence-electron chi connectivity index (χ1n) is 7.80. The van der Waals surface area contributed by atoms with Crippen molar-refractivity contribution in [2.75, 3.05) is 5.32 Å². The fraction of sp³-hybridized carbons (Fsp3) is 0. The Morgan fingerprint density at radius 2 is 1.52 bits per heavy atom. The monoisotopic (exact) mass is 453 g/mol. The van der Waals surface area contributed by atoms with E-state index in [-0.39, 0.29) is 5.91 Å². The van der Waals surface area contributed by atoms with Gasteiger partial charge in [-0.3, -0.25) is 4.79 Å². The average Bonchev–Trinajstić information content (AvgIpc) is 2.93. The van der Waals surface area contributed by atoms with Crippen LogP contribution in [-0.2, 0) is 4.79 Å². The number of anilines is 1. The molecule has 0 radical (unpaired) electrons. The molecule has 25 heavy (non-hydrogen) atoms. The van der Waals surface area contributed by atoms with E-state index in [2.05, 4.69) is 61.4 Å². The largest absolute Gasteiger partial charge is 0.320 e. The van der Waals surface area contributed by atoms with Crippen molar-refractivity contribution in [3.05, 3.63) is 86.8 Å². The SMILES string of the molecule is O=C1Nc2c(Br)cc(Br)cc2C1=Cc1ccc(-c2ccccc2)cc1. The first kappa shape index (κ1) is 16.3. The summed E-state index contributed by atoms with van der Waals surface area (Å²) in [6.45, 7) is 0. The van der Waals surface area contributed by atoms with Gasteiger partial charge in [-0.25, -0.2) is 0 Å². The zero-order chi connectivity index (χ0) is 17.4. The minimum atomic E-state index is -0.0825. The van der Waals surface area contributed by atoms with Gasteiger partial charge in [0.2, 0.25) is 0 Å². The molecule has 1 N–H and O–H groups in total. The first-order chi connectivity index (χ1) is 12.1. The van der Waals surface area contributed by atoms with Crippen molar-refractivity contribution in [2.45, 2.75) is 0 Å². The second-order valence-electron chi connectivity index (χ2n) is 5.81. The van der Waals surface area contributed by atoms with Crippen LogP contribution >= 0.6 is 31.9 Å². The molecule has 2 nitrogen and oxygen atoms in total. The van der Waals surface area contributed by atoms with E-state index in [1.54, 1.807) is 0 Å². The Morgan fingerprint density at radius 1 is 0.840 bits per heavy atom. The van der Waals surface area contributed by atoms with Gasteiger partial charge in [-0.1, -0.05) is 70.5 Å². The number of nitrogens with one attached hydrogen (secondary N) is 1. The number of hydrogen-bond donors (Lipinski definition) is 1. The Labute approximate surface area is 162 Å². The lowest BCUT2D eigenvalue weighted by Crippen LogP contribution is -2.03. The zero-order valence-corrected chi connectivity index (χ0v) is 16.3. The van der Waals surface area contributed by atoms with Crippen molar-refractivity contribution in [2.24, 2.45) is 0 Å². The van der Waals surface area contributed by atoms with Crippen molar-refractivity contribution in [3.8, 4) is 11.1 Å². The lowest BCUT2D eigenvalue weighted by molar-refractivity contribution is -0.110. The maximum Gasteiger partial charge on any atom is 0.256 e. The van der Waals surface area contributed by atoms with Crippen molar-refractivity contribution >= 4 is 55.1 Å². The van der Waals surface area contributed by atoms with Gasteiger partial charge in [0, 0.05) is 20.1 Å². The molecule has 1 aliphatic heterocycles. The smallest absolute Gasteiger partial charge is 0.256 e. The molecule has 0 unspecified atom stereocenters. The summed E-state index contributed by atoms with van der Waals surface area (Å²) in [5.74, 6) is -0.0825. The van der Waals surface area contributed by atoms with Gasteiger partial charge in [-0.2, -0.15) is 0 Å². The molecule has 0 aliphatic carbocycles. The lowest BCUT2D eigenvalue weighted by Gasteiger charge is -2.04. The number of halogens is 2. The van der Waals surface area contributed by atoms with Gasteiger partial charge in [-0.05, 0) is 50.8 Å². The summed E-state index contributed by atoms with van der Waals surface area (Å²) < 4.78 is 1.80. The Hall–Kier alpha value is -2.17. The molecule has 4 heteroatoms. The van der Waals surface area contributed by atoms with Crippen LogP contribution < -0.4 is 5.32 Å². The minimum Gasteiger partial charge on any atom is -0.320 e. The Kier molecular flexibility index (Phi) is 4.32. The Balaban J connectivity index is 1.72. The van der Waals surface area contributed by atoms with Crippen LogP contribution in [0.1, 0.15) is 11.1 Å². The number of rotatable bonds is 2. The van der Waals surface area contributed by atoms with Crippen LogP contribution in [0.25, 0.3) is 22.8 Å². The molecule has 3 aromatic carbocycles. The molecule has 1 amide bonds. The van der Waals surface area contributed by atoms with E-state index in [0.29, 0.717) is 5.57 Å². The molecular formula is C21H13Br2NO. The highest BCUT2D eigenvalue weighted by Gasteiger charge is 2.26. The molecule has 3 aromatic rings. The molecule has 0 aromatic heterocycles. The molecule has 0 fully saturated rings. The number of amides is 1. The normalized spacial score (nSPS) is 14.5. The maximum absolute atomic E-state index is 12.4. The van der Waals surface area contributed by atoms with Gasteiger partial charge in [0.15, 0.2) is 0 Å². The fourth-order valence-electron chi connectivity index (χ4n) is 2.93. The summed E-state index contributed by atoms with van der Waals surface area (Å²) >= 11 is 6.99. The number of carbonyl (C=O) groups excluding carboxylic acids is 1. The third-order valence-corrected chi connectivity index (χ3v) is 5.24. The zero-order valence-electron chi connectivity index (χ0n) is 13.1. The van der Waals surface area contributed by atoms with Crippen LogP contribution in [0.4, 0.5) is 5.69 Å². The number of carbonyl (C=O) groups is 1. The van der Waals surface area contributed by atoms with Gasteiger partial charge in [0.1, 0.15) is 0 Å². The number of hydrogen-bond acceptors (Lipinski definition) is 1. The molecule has 0 saturated carbocycles. The first-order valence-corrected chi connectivity index (χ1v) is 9.38. The van der Waals surface area contributed by atoms with Crippen molar-refractivity contribution < 1.29 is 4.79 Å². The second-order valence-corrected chi connectivity index (χ2v) is 7.58. The van der Waals surface area contributed by atoms with Crippen LogP contribution in [0, 0.1) is 0 Å². The molecular weight excluding hydrogens is 442 g/mol. The summed E-state index contributed by atoms with van der Waals surface area (Å²) in [6, 6.07) is 22.3. The highest BCUT2D eigenvalue weighted by Crippen LogP contribution is 2.40. The number of benzene rings is 3. The van der Waals surface area contributed by atoms with Crippen molar-refractivity contribution in [1.29, 1.82) is 0 Å². The van der Waals surface area contributed by atoms with Gasteiger partial charge < -0.3 is 5.32 Å². The molecule has 1 heterocycles. The highest BCUT2D eigenvalue weighted by molar-refractivity contribution is 9.11. The molecule has 0 spiro atoms. The van der Waals surface area contributed by atoms with E-state index < -0.39 is 0 Å². The van der Waals surface area contributed by atoms with E-state index in [0.717, 1.165) is 31.3 Å². The molecule has 0 saturated heterocycles. The van der Waals surface area contributed by atoms with Crippen LogP contribution in [0.3, 0.4) is 0 Å². The van der Waals surface area contributed by atoms with Gasteiger partial charge in [-0.15, -0.1) is 0 Å². The summed E-state index contributed by atoms with van der Waals surface area (Å²) in [5.41, 5.74) is 5.72. The summed E-state index contributed by atoms with van der Waals surface area (Å²) in [5, 5.41) is 2.93. The van der Waals surface area contributed by atoms with E-state index in [1.807, 2.05) is 48.5 Å². The van der Waals surface area contributed by atoms with Crippen molar-refractivity contribution in [3.63, 3.8) is 0 Å². The third-order valence-electron chi connectivity index (χ3n) is 4.16. The molecule has 122 valence electrons. The highest BCUT2D eigenvalue weighted by atomic mass is 79.9.